The smallest absolute Gasteiger partial charge is 0.195 e. The monoisotopic (exact) mass is 325 g/mol. The highest BCUT2D eigenvalue weighted by atomic mass is 16.4. The Bertz CT molecular complexity index is 871. The predicted octanol–water partition coefficient (Wildman–Crippen LogP) is 5.79. The zero-order valence-corrected chi connectivity index (χ0v) is 13.9. The molecule has 0 radical (unpaired) electrons. The van der Waals surface area contributed by atoms with Gasteiger partial charge in [-0.25, -0.2) is 4.98 Å². The summed E-state index contributed by atoms with van der Waals surface area (Å²) in [5, 5.41) is 0. The molecule has 2 nitrogen and oxygen atoms in total. The van der Waals surface area contributed by atoms with Crippen LogP contribution >= 0.6 is 0 Å². The van der Waals surface area contributed by atoms with E-state index in [1.165, 1.54) is 5.56 Å². The molecule has 4 rings (SSSR count). The Hall–Kier alpha value is -3.13. The van der Waals surface area contributed by atoms with Gasteiger partial charge in [0.1, 0.15) is 5.69 Å². The Kier molecular flexibility index (Phi) is 4.42. The van der Waals surface area contributed by atoms with Crippen LogP contribution in [0.25, 0.3) is 22.6 Å². The van der Waals surface area contributed by atoms with Crippen molar-refractivity contribution in [3.05, 3.63) is 102 Å². The molecule has 1 heterocycles. The molecule has 0 amide bonds. The normalized spacial score (nSPS) is 10.7. The van der Waals surface area contributed by atoms with Crippen LogP contribution in [0.5, 0.6) is 0 Å². The zero-order chi connectivity index (χ0) is 16.9. The summed E-state index contributed by atoms with van der Waals surface area (Å²) in [6.45, 7) is 0. The molecule has 25 heavy (non-hydrogen) atoms. The summed E-state index contributed by atoms with van der Waals surface area (Å²) in [4.78, 5) is 4.81. The lowest BCUT2D eigenvalue weighted by Gasteiger charge is -2.00. The first-order valence-electron chi connectivity index (χ1n) is 8.54. The molecule has 0 N–H and O–H groups in total. The maximum Gasteiger partial charge on any atom is 0.195 e. The summed E-state index contributed by atoms with van der Waals surface area (Å²) < 4.78 is 6.17. The fraction of sp³-hybridized carbons (Fsp3) is 0.0870. The summed E-state index contributed by atoms with van der Waals surface area (Å²) in [6.07, 6.45) is 1.71. The van der Waals surface area contributed by atoms with Crippen LogP contribution in [0.15, 0.2) is 95.4 Å². The minimum atomic E-state index is 0.779. The maximum absolute atomic E-state index is 6.17. The third-order valence-corrected chi connectivity index (χ3v) is 4.23. The zero-order valence-electron chi connectivity index (χ0n) is 13.9. The van der Waals surface area contributed by atoms with Gasteiger partial charge >= 0.3 is 0 Å². The van der Waals surface area contributed by atoms with Crippen LogP contribution in [0.1, 0.15) is 11.5 Å². The summed E-state index contributed by atoms with van der Waals surface area (Å²) in [5.41, 5.74) is 4.34. The first kappa shape index (κ1) is 15.4. The molecule has 0 saturated carbocycles. The third kappa shape index (κ3) is 3.53. The predicted molar refractivity (Wildman–Crippen MR) is 101 cm³/mol. The number of benzene rings is 3. The number of hydrogen-bond donors (Lipinski definition) is 0. The third-order valence-electron chi connectivity index (χ3n) is 4.23. The van der Waals surface area contributed by atoms with E-state index in [9.17, 15) is 0 Å². The maximum atomic E-state index is 6.17. The summed E-state index contributed by atoms with van der Waals surface area (Å²) in [7, 11) is 0. The SMILES string of the molecule is c1ccc(CCc2nc(-c3ccccc3)c(-c3ccccc3)o2)cc1. The Morgan fingerprint density at radius 1 is 0.600 bits per heavy atom. The molecule has 1 aromatic heterocycles. The average Bonchev–Trinajstić information content (AvgIpc) is 3.13. The molecule has 0 fully saturated rings. The van der Waals surface area contributed by atoms with Crippen molar-refractivity contribution in [1.29, 1.82) is 0 Å². The number of nitrogens with zero attached hydrogens (tertiary/aromatic N) is 1. The van der Waals surface area contributed by atoms with E-state index in [0.717, 1.165) is 41.3 Å². The molecule has 122 valence electrons. The second-order valence-electron chi connectivity index (χ2n) is 6.00. The van der Waals surface area contributed by atoms with Gasteiger partial charge in [0.05, 0.1) is 0 Å². The van der Waals surface area contributed by atoms with Crippen molar-refractivity contribution < 1.29 is 4.42 Å². The number of aryl methyl sites for hydroxylation is 2. The first-order chi connectivity index (χ1) is 12.4. The molecule has 2 heteroatoms. The van der Waals surface area contributed by atoms with Gasteiger partial charge in [-0.1, -0.05) is 91.0 Å². The Morgan fingerprint density at radius 2 is 1.16 bits per heavy atom. The van der Waals surface area contributed by atoms with Gasteiger partial charge in [-0.2, -0.15) is 0 Å². The van der Waals surface area contributed by atoms with Crippen molar-refractivity contribution in [2.24, 2.45) is 0 Å². The van der Waals surface area contributed by atoms with E-state index >= 15 is 0 Å². The van der Waals surface area contributed by atoms with Gasteiger partial charge in [0, 0.05) is 17.5 Å². The number of hydrogen-bond acceptors (Lipinski definition) is 2. The molecule has 0 aliphatic rings. The molecule has 0 spiro atoms. The lowest BCUT2D eigenvalue weighted by molar-refractivity contribution is 0.505. The molecule has 4 aromatic rings. The minimum absolute atomic E-state index is 0.779. The van der Waals surface area contributed by atoms with E-state index in [2.05, 4.69) is 48.5 Å². The summed E-state index contributed by atoms with van der Waals surface area (Å²) in [5.74, 6) is 1.62. The molecular formula is C23H19NO. The van der Waals surface area contributed by atoms with Crippen LogP contribution in [-0.4, -0.2) is 4.98 Å². The van der Waals surface area contributed by atoms with E-state index in [1.54, 1.807) is 0 Å². The van der Waals surface area contributed by atoms with Gasteiger partial charge in [-0.05, 0) is 12.0 Å². The van der Waals surface area contributed by atoms with E-state index in [0.29, 0.717) is 0 Å². The molecular weight excluding hydrogens is 306 g/mol. The molecule has 0 aliphatic carbocycles. The van der Waals surface area contributed by atoms with Gasteiger partial charge in [0.25, 0.3) is 0 Å². The highest BCUT2D eigenvalue weighted by molar-refractivity contribution is 5.76. The Morgan fingerprint density at radius 3 is 1.80 bits per heavy atom. The van der Waals surface area contributed by atoms with Crippen LogP contribution in [0, 0.1) is 0 Å². The van der Waals surface area contributed by atoms with Crippen molar-refractivity contribution in [2.75, 3.05) is 0 Å². The van der Waals surface area contributed by atoms with Gasteiger partial charge in [-0.3, -0.25) is 0 Å². The van der Waals surface area contributed by atoms with Gasteiger partial charge in [0.2, 0.25) is 0 Å². The average molecular weight is 325 g/mol. The van der Waals surface area contributed by atoms with Crippen molar-refractivity contribution >= 4 is 0 Å². The van der Waals surface area contributed by atoms with Crippen LogP contribution in [-0.2, 0) is 12.8 Å². The fourth-order valence-corrected chi connectivity index (χ4v) is 2.94. The van der Waals surface area contributed by atoms with Crippen molar-refractivity contribution in [1.82, 2.24) is 4.98 Å². The second kappa shape index (κ2) is 7.18. The number of oxazole rings is 1. The number of aromatic nitrogens is 1. The molecule has 0 atom stereocenters. The first-order valence-corrected chi connectivity index (χ1v) is 8.54. The van der Waals surface area contributed by atoms with Crippen LogP contribution in [0.2, 0.25) is 0 Å². The second-order valence-corrected chi connectivity index (χ2v) is 6.00. The van der Waals surface area contributed by atoms with E-state index in [4.69, 9.17) is 9.40 Å². The molecule has 3 aromatic carbocycles. The van der Waals surface area contributed by atoms with Gasteiger partial charge in [0.15, 0.2) is 11.7 Å². The molecule has 0 aliphatic heterocycles. The van der Waals surface area contributed by atoms with E-state index in [-0.39, 0.29) is 0 Å². The summed E-state index contributed by atoms with van der Waals surface area (Å²) in [6, 6.07) is 30.9. The van der Waals surface area contributed by atoms with Crippen LogP contribution < -0.4 is 0 Å². The topological polar surface area (TPSA) is 26.0 Å². The van der Waals surface area contributed by atoms with Crippen molar-refractivity contribution in [3.8, 4) is 22.6 Å². The fourth-order valence-electron chi connectivity index (χ4n) is 2.94. The highest BCUT2D eigenvalue weighted by Gasteiger charge is 2.16. The standard InChI is InChI=1S/C23H19NO/c1-4-10-18(11-5-1)16-17-21-24-22(19-12-6-2-7-13-19)23(25-21)20-14-8-3-9-15-20/h1-15H,16-17H2. The lowest BCUT2D eigenvalue weighted by Crippen LogP contribution is -1.91. The number of rotatable bonds is 5. The van der Waals surface area contributed by atoms with Crippen molar-refractivity contribution in [3.63, 3.8) is 0 Å². The van der Waals surface area contributed by atoms with E-state index in [1.807, 2.05) is 42.5 Å². The molecule has 0 saturated heterocycles. The molecule has 0 bridgehead atoms. The summed E-state index contributed by atoms with van der Waals surface area (Å²) >= 11 is 0. The Labute approximate surface area is 147 Å². The minimum Gasteiger partial charge on any atom is -0.440 e. The van der Waals surface area contributed by atoms with Gasteiger partial charge in [-0.15, -0.1) is 0 Å². The Balaban J connectivity index is 1.68. The quantitative estimate of drug-likeness (QED) is 0.464. The lowest BCUT2D eigenvalue weighted by atomic mass is 10.1. The largest absolute Gasteiger partial charge is 0.440 e. The van der Waals surface area contributed by atoms with Crippen molar-refractivity contribution in [2.45, 2.75) is 12.8 Å². The molecule has 0 unspecified atom stereocenters. The van der Waals surface area contributed by atoms with Gasteiger partial charge < -0.3 is 4.42 Å². The van der Waals surface area contributed by atoms with Crippen LogP contribution in [0.4, 0.5) is 0 Å². The van der Waals surface area contributed by atoms with E-state index < -0.39 is 0 Å². The highest BCUT2D eigenvalue weighted by Crippen LogP contribution is 2.32. The van der Waals surface area contributed by atoms with Crippen LogP contribution in [0.3, 0.4) is 0 Å².